The van der Waals surface area contributed by atoms with E-state index >= 15 is 0 Å². The van der Waals surface area contributed by atoms with Crippen molar-refractivity contribution < 1.29 is 22.7 Å². The first-order valence-electron chi connectivity index (χ1n) is 9.31. The van der Waals surface area contributed by atoms with Gasteiger partial charge in [-0.1, -0.05) is 0 Å². The number of sulfonamides is 1. The molecular formula is C21H24N2O5S. The highest BCUT2D eigenvalue weighted by Crippen LogP contribution is 2.35. The maximum Gasteiger partial charge on any atom is 0.248 e. The summed E-state index contributed by atoms with van der Waals surface area (Å²) in [4.78, 5) is 12.4. The van der Waals surface area contributed by atoms with Gasteiger partial charge in [-0.15, -0.1) is 0 Å². The van der Waals surface area contributed by atoms with Crippen LogP contribution in [0.2, 0.25) is 0 Å². The second kappa shape index (κ2) is 8.67. The van der Waals surface area contributed by atoms with E-state index in [0.717, 1.165) is 23.3 Å². The average molecular weight is 416 g/mol. The third-order valence-corrected chi connectivity index (χ3v) is 5.87. The first-order valence-corrected chi connectivity index (χ1v) is 10.8. The fourth-order valence-electron chi connectivity index (χ4n) is 3.05. The average Bonchev–Trinajstić information content (AvgIpc) is 3.05. The number of hydrogen-bond donors (Lipinski definition) is 2. The van der Waals surface area contributed by atoms with Crippen LogP contribution in [0, 0.1) is 0 Å². The topological polar surface area (TPSA) is 93.7 Å². The number of anilines is 1. The molecule has 0 fully saturated rings. The molecule has 2 aromatic carbocycles. The minimum absolute atomic E-state index is 0.122. The lowest BCUT2D eigenvalue weighted by Crippen LogP contribution is -2.18. The molecule has 2 N–H and O–H groups in total. The van der Waals surface area contributed by atoms with Crippen LogP contribution in [0.4, 0.5) is 5.69 Å². The van der Waals surface area contributed by atoms with Crippen LogP contribution in [0.3, 0.4) is 0 Å². The smallest absolute Gasteiger partial charge is 0.248 e. The summed E-state index contributed by atoms with van der Waals surface area (Å²) in [7, 11) is -2.17. The van der Waals surface area contributed by atoms with E-state index in [1.165, 1.54) is 37.4 Å². The number of benzene rings is 2. The highest BCUT2D eigenvalue weighted by Gasteiger charge is 2.21. The fourth-order valence-corrected chi connectivity index (χ4v) is 3.78. The van der Waals surface area contributed by atoms with E-state index in [0.29, 0.717) is 18.0 Å². The maximum absolute atomic E-state index is 12.3. The van der Waals surface area contributed by atoms with E-state index in [4.69, 9.17) is 9.47 Å². The number of fused-ring (bicyclic) bond motifs is 1. The van der Waals surface area contributed by atoms with Crippen molar-refractivity contribution in [2.24, 2.45) is 0 Å². The molecular weight excluding hydrogens is 392 g/mol. The predicted octanol–water partition coefficient (Wildman–Crippen LogP) is 2.97. The number of nitrogens with one attached hydrogen (secondary N) is 2. The quantitative estimate of drug-likeness (QED) is 0.677. The Hall–Kier alpha value is -2.84. The van der Waals surface area contributed by atoms with Gasteiger partial charge in [0, 0.05) is 29.3 Å². The Labute approximate surface area is 170 Å². The summed E-state index contributed by atoms with van der Waals surface area (Å²) in [5.74, 6) is 1.17. The van der Waals surface area contributed by atoms with Crippen molar-refractivity contribution in [3.63, 3.8) is 0 Å². The first kappa shape index (κ1) is 20.9. The molecule has 29 heavy (non-hydrogen) atoms. The van der Waals surface area contributed by atoms with Gasteiger partial charge in [0.25, 0.3) is 0 Å². The summed E-state index contributed by atoms with van der Waals surface area (Å²) < 4.78 is 37.2. The van der Waals surface area contributed by atoms with Crippen molar-refractivity contribution >= 4 is 27.7 Å². The summed E-state index contributed by atoms with van der Waals surface area (Å²) in [5, 5.41) is 2.71. The largest absolute Gasteiger partial charge is 0.493 e. The Bertz CT molecular complexity index is 1030. The second-order valence-corrected chi connectivity index (χ2v) is 8.50. The number of carbonyl (C=O) groups is 1. The molecule has 2 aromatic rings. The Morgan fingerprint density at radius 3 is 2.66 bits per heavy atom. The molecule has 154 valence electrons. The van der Waals surface area contributed by atoms with Crippen LogP contribution in [0.1, 0.15) is 25.0 Å². The highest BCUT2D eigenvalue weighted by atomic mass is 32.2. The van der Waals surface area contributed by atoms with E-state index in [-0.39, 0.29) is 16.9 Å². The highest BCUT2D eigenvalue weighted by molar-refractivity contribution is 7.89. The van der Waals surface area contributed by atoms with Crippen molar-refractivity contribution in [1.82, 2.24) is 4.72 Å². The van der Waals surface area contributed by atoms with Gasteiger partial charge in [-0.2, -0.15) is 0 Å². The summed E-state index contributed by atoms with van der Waals surface area (Å²) in [5.41, 5.74) is 2.34. The van der Waals surface area contributed by atoms with Crippen molar-refractivity contribution in [1.29, 1.82) is 0 Å². The van der Waals surface area contributed by atoms with Gasteiger partial charge < -0.3 is 14.8 Å². The molecule has 0 spiro atoms. The standard InChI is InChI=1S/C21H24N2O5S/c1-4-27-19-13-16-11-14(2)28-20(16)12-15(19)5-10-21(24)23-17-6-8-18(9-7-17)29(25,26)22-3/h5-10,12-14,22H,4,11H2,1-3H3,(H,23,24)/b10-5+/t14-/m0/s1. The fraction of sp³-hybridized carbons (Fsp3) is 0.286. The van der Waals surface area contributed by atoms with Crippen molar-refractivity contribution in [2.45, 2.75) is 31.3 Å². The maximum atomic E-state index is 12.3. The normalized spacial score (nSPS) is 15.8. The van der Waals surface area contributed by atoms with Crippen LogP contribution in [0.5, 0.6) is 11.5 Å². The van der Waals surface area contributed by atoms with Gasteiger partial charge in [0.2, 0.25) is 15.9 Å². The molecule has 1 heterocycles. The number of ether oxygens (including phenoxy) is 2. The molecule has 0 saturated carbocycles. The van der Waals surface area contributed by atoms with Gasteiger partial charge in [0.1, 0.15) is 17.6 Å². The van der Waals surface area contributed by atoms with E-state index < -0.39 is 10.0 Å². The van der Waals surface area contributed by atoms with Crippen LogP contribution in [-0.2, 0) is 21.2 Å². The minimum atomic E-state index is -3.51. The van der Waals surface area contributed by atoms with E-state index in [1.54, 1.807) is 6.08 Å². The molecule has 1 aliphatic heterocycles. The van der Waals surface area contributed by atoms with Gasteiger partial charge in [0.15, 0.2) is 0 Å². The zero-order valence-electron chi connectivity index (χ0n) is 16.6. The van der Waals surface area contributed by atoms with Crippen LogP contribution in [0.15, 0.2) is 47.4 Å². The zero-order chi connectivity index (χ0) is 21.0. The Morgan fingerprint density at radius 1 is 1.28 bits per heavy atom. The van der Waals surface area contributed by atoms with E-state index in [9.17, 15) is 13.2 Å². The van der Waals surface area contributed by atoms with Crippen LogP contribution in [0.25, 0.3) is 6.08 Å². The van der Waals surface area contributed by atoms with E-state index in [2.05, 4.69) is 10.0 Å². The zero-order valence-corrected chi connectivity index (χ0v) is 17.4. The Balaban J connectivity index is 1.73. The third-order valence-electron chi connectivity index (χ3n) is 4.44. The molecule has 3 rings (SSSR count). The molecule has 0 unspecified atom stereocenters. The molecule has 1 aliphatic rings. The molecule has 0 aromatic heterocycles. The summed E-state index contributed by atoms with van der Waals surface area (Å²) >= 11 is 0. The van der Waals surface area contributed by atoms with Crippen LogP contribution >= 0.6 is 0 Å². The monoisotopic (exact) mass is 416 g/mol. The third kappa shape index (κ3) is 4.96. The van der Waals surface area contributed by atoms with Gasteiger partial charge in [-0.3, -0.25) is 4.79 Å². The molecule has 0 radical (unpaired) electrons. The lowest BCUT2D eigenvalue weighted by Gasteiger charge is -2.10. The Morgan fingerprint density at radius 2 is 2.00 bits per heavy atom. The first-order chi connectivity index (χ1) is 13.8. The van der Waals surface area contributed by atoms with Crippen molar-refractivity contribution in [2.75, 3.05) is 19.0 Å². The predicted molar refractivity (Wildman–Crippen MR) is 112 cm³/mol. The van der Waals surface area contributed by atoms with Gasteiger partial charge in [-0.05, 0) is 63.4 Å². The SMILES string of the molecule is CCOc1cc2c(cc1/C=C/C(=O)Nc1ccc(S(=O)(=O)NC)cc1)O[C@@H](C)C2. The van der Waals surface area contributed by atoms with Crippen LogP contribution < -0.4 is 19.5 Å². The number of carbonyl (C=O) groups excluding carboxylic acids is 1. The number of amides is 1. The number of rotatable bonds is 7. The molecule has 7 nitrogen and oxygen atoms in total. The molecule has 0 saturated heterocycles. The summed E-state index contributed by atoms with van der Waals surface area (Å²) in [6.07, 6.45) is 4.03. The second-order valence-electron chi connectivity index (χ2n) is 6.62. The molecule has 8 heteroatoms. The minimum Gasteiger partial charge on any atom is -0.493 e. The molecule has 0 bridgehead atoms. The Kier molecular flexibility index (Phi) is 6.24. The van der Waals surface area contributed by atoms with Gasteiger partial charge >= 0.3 is 0 Å². The lowest BCUT2D eigenvalue weighted by molar-refractivity contribution is -0.111. The number of hydrogen-bond acceptors (Lipinski definition) is 5. The summed E-state index contributed by atoms with van der Waals surface area (Å²) in [6.45, 7) is 4.44. The van der Waals surface area contributed by atoms with Gasteiger partial charge in [0.05, 0.1) is 11.5 Å². The van der Waals surface area contributed by atoms with Crippen molar-refractivity contribution in [3.8, 4) is 11.5 Å². The summed E-state index contributed by atoms with van der Waals surface area (Å²) in [6, 6.07) is 9.76. The van der Waals surface area contributed by atoms with Crippen LogP contribution in [-0.4, -0.2) is 34.1 Å². The van der Waals surface area contributed by atoms with Gasteiger partial charge in [-0.25, -0.2) is 13.1 Å². The van der Waals surface area contributed by atoms with E-state index in [1.807, 2.05) is 26.0 Å². The molecule has 1 amide bonds. The molecule has 0 aliphatic carbocycles. The lowest BCUT2D eigenvalue weighted by atomic mass is 10.1. The molecule has 1 atom stereocenters. The van der Waals surface area contributed by atoms with Crippen molar-refractivity contribution in [3.05, 3.63) is 53.6 Å².